The van der Waals surface area contributed by atoms with Crippen LogP contribution in [0.4, 0.5) is 0 Å². The Kier molecular flexibility index (Phi) is 3.68. The lowest BCUT2D eigenvalue weighted by atomic mass is 9.81. The highest BCUT2D eigenvalue weighted by Gasteiger charge is 2.32. The van der Waals surface area contributed by atoms with Gasteiger partial charge in [-0.3, -0.25) is 4.99 Å². The summed E-state index contributed by atoms with van der Waals surface area (Å²) in [7, 11) is 0. The van der Waals surface area contributed by atoms with E-state index in [2.05, 4.69) is 4.90 Å². The highest BCUT2D eigenvalue weighted by molar-refractivity contribution is 5.83. The van der Waals surface area contributed by atoms with E-state index >= 15 is 0 Å². The van der Waals surface area contributed by atoms with Crippen molar-refractivity contribution in [2.24, 2.45) is 10.9 Å². The van der Waals surface area contributed by atoms with Gasteiger partial charge in [-0.1, -0.05) is 25.7 Å². The van der Waals surface area contributed by atoms with Crippen LogP contribution in [0.3, 0.4) is 0 Å². The number of rotatable bonds is 1. The molecule has 0 aromatic heterocycles. The van der Waals surface area contributed by atoms with Gasteiger partial charge in [-0.05, 0) is 38.0 Å². The van der Waals surface area contributed by atoms with Crippen molar-refractivity contribution >= 4 is 5.84 Å². The molecule has 1 saturated carbocycles. The Labute approximate surface area is 105 Å². The zero-order chi connectivity index (χ0) is 11.5. The summed E-state index contributed by atoms with van der Waals surface area (Å²) in [4.78, 5) is 7.51. The van der Waals surface area contributed by atoms with Crippen molar-refractivity contribution < 1.29 is 0 Å². The highest BCUT2D eigenvalue weighted by Crippen LogP contribution is 2.34. The average molecular weight is 234 g/mol. The first kappa shape index (κ1) is 11.6. The maximum Gasteiger partial charge on any atom is 0.0991 e. The Morgan fingerprint density at radius 2 is 1.71 bits per heavy atom. The molecule has 1 saturated heterocycles. The van der Waals surface area contributed by atoms with Crippen LogP contribution < -0.4 is 0 Å². The summed E-state index contributed by atoms with van der Waals surface area (Å²) < 4.78 is 0. The molecule has 2 fully saturated rings. The molecule has 3 rings (SSSR count). The molecule has 2 heterocycles. The van der Waals surface area contributed by atoms with Crippen LogP contribution in [0, 0.1) is 5.92 Å². The maximum absolute atomic E-state index is 4.80. The van der Waals surface area contributed by atoms with Crippen molar-refractivity contribution in [1.29, 1.82) is 0 Å². The Morgan fingerprint density at radius 1 is 0.882 bits per heavy atom. The molecule has 1 unspecified atom stereocenters. The van der Waals surface area contributed by atoms with Crippen molar-refractivity contribution in [3.8, 4) is 0 Å². The fourth-order valence-corrected chi connectivity index (χ4v) is 4.05. The zero-order valence-electron chi connectivity index (χ0n) is 11.0. The summed E-state index contributed by atoms with van der Waals surface area (Å²) in [6, 6.07) is 0.844. The van der Waals surface area contributed by atoms with E-state index in [9.17, 15) is 0 Å². The third kappa shape index (κ3) is 2.51. The van der Waals surface area contributed by atoms with E-state index < -0.39 is 0 Å². The largest absolute Gasteiger partial charge is 0.357 e. The fourth-order valence-electron chi connectivity index (χ4n) is 4.05. The second-order valence-electron chi connectivity index (χ2n) is 6.06. The number of aliphatic imine (C=N–C) groups is 1. The van der Waals surface area contributed by atoms with Gasteiger partial charge in [-0.25, -0.2) is 0 Å². The number of fused-ring (bicyclic) bond motifs is 1. The quantitative estimate of drug-likeness (QED) is 0.676. The summed E-state index contributed by atoms with van der Waals surface area (Å²) in [6.07, 6.45) is 14.2. The molecule has 0 aromatic carbocycles. The smallest absolute Gasteiger partial charge is 0.0991 e. The number of amidine groups is 1. The Hall–Kier alpha value is -0.530. The highest BCUT2D eigenvalue weighted by atomic mass is 15.2. The van der Waals surface area contributed by atoms with Crippen LogP contribution in [0.25, 0.3) is 0 Å². The standard InChI is InChI=1S/C15H26N2/c1-2-7-13(8-3-1)14-9-4-5-10-15-16-11-6-12-17(14)15/h13-14H,1-12H2. The second kappa shape index (κ2) is 5.41. The molecule has 0 spiro atoms. The van der Waals surface area contributed by atoms with E-state index in [0.717, 1.165) is 18.5 Å². The monoisotopic (exact) mass is 234 g/mol. The molecule has 0 N–H and O–H groups in total. The minimum absolute atomic E-state index is 0.844. The van der Waals surface area contributed by atoms with Crippen molar-refractivity contribution in [2.45, 2.75) is 70.3 Å². The van der Waals surface area contributed by atoms with Gasteiger partial charge in [0.15, 0.2) is 0 Å². The third-order valence-electron chi connectivity index (χ3n) is 4.93. The van der Waals surface area contributed by atoms with Crippen LogP contribution in [-0.2, 0) is 0 Å². The molecule has 0 amide bonds. The van der Waals surface area contributed by atoms with Gasteiger partial charge in [0, 0.05) is 25.6 Å². The van der Waals surface area contributed by atoms with Crippen molar-refractivity contribution in [3.63, 3.8) is 0 Å². The van der Waals surface area contributed by atoms with Gasteiger partial charge < -0.3 is 4.90 Å². The second-order valence-corrected chi connectivity index (χ2v) is 6.06. The summed E-state index contributed by atoms with van der Waals surface area (Å²) >= 11 is 0. The minimum atomic E-state index is 0.844. The van der Waals surface area contributed by atoms with Crippen LogP contribution in [0.1, 0.15) is 64.2 Å². The average Bonchev–Trinajstić information content (AvgIpc) is 2.62. The topological polar surface area (TPSA) is 15.6 Å². The van der Waals surface area contributed by atoms with Crippen molar-refractivity contribution in [3.05, 3.63) is 0 Å². The van der Waals surface area contributed by atoms with E-state index in [1.165, 1.54) is 76.6 Å². The fraction of sp³-hybridized carbons (Fsp3) is 0.933. The summed E-state index contributed by atoms with van der Waals surface area (Å²) in [5.41, 5.74) is 0. The van der Waals surface area contributed by atoms with Crippen molar-refractivity contribution in [2.75, 3.05) is 13.1 Å². The van der Waals surface area contributed by atoms with Crippen molar-refractivity contribution in [1.82, 2.24) is 4.90 Å². The van der Waals surface area contributed by atoms with Crippen LogP contribution in [0.15, 0.2) is 4.99 Å². The number of nitrogens with zero attached hydrogens (tertiary/aromatic N) is 2. The normalized spacial score (nSPS) is 31.6. The molecule has 0 aromatic rings. The maximum atomic E-state index is 4.80. The number of hydrogen-bond acceptors (Lipinski definition) is 2. The molecule has 2 nitrogen and oxygen atoms in total. The minimum Gasteiger partial charge on any atom is -0.357 e. The summed E-state index contributed by atoms with van der Waals surface area (Å²) in [5, 5.41) is 0. The Balaban J connectivity index is 1.75. The van der Waals surface area contributed by atoms with E-state index in [0.29, 0.717) is 0 Å². The van der Waals surface area contributed by atoms with E-state index in [1.807, 2.05) is 0 Å². The SMILES string of the molecule is C1CCC(C2CCCCC3=NCCCN32)CC1. The van der Waals surface area contributed by atoms with Gasteiger partial charge in [0.1, 0.15) is 0 Å². The lowest BCUT2D eigenvalue weighted by Gasteiger charge is -2.41. The third-order valence-corrected chi connectivity index (χ3v) is 4.93. The molecule has 0 radical (unpaired) electrons. The molecular formula is C15H26N2. The lowest BCUT2D eigenvalue weighted by Crippen LogP contribution is -2.46. The van der Waals surface area contributed by atoms with E-state index in [1.54, 1.807) is 0 Å². The first-order chi connectivity index (χ1) is 8.45. The van der Waals surface area contributed by atoms with Gasteiger partial charge >= 0.3 is 0 Å². The first-order valence-electron chi connectivity index (χ1n) is 7.75. The van der Waals surface area contributed by atoms with Gasteiger partial charge in [-0.2, -0.15) is 0 Å². The van der Waals surface area contributed by atoms with Gasteiger partial charge in [0.2, 0.25) is 0 Å². The predicted octanol–water partition coefficient (Wildman–Crippen LogP) is 3.61. The number of hydrogen-bond donors (Lipinski definition) is 0. The van der Waals surface area contributed by atoms with Gasteiger partial charge in [-0.15, -0.1) is 0 Å². The predicted molar refractivity (Wildman–Crippen MR) is 72.5 cm³/mol. The lowest BCUT2D eigenvalue weighted by molar-refractivity contribution is 0.170. The van der Waals surface area contributed by atoms with Crippen LogP contribution in [-0.4, -0.2) is 29.9 Å². The molecule has 96 valence electrons. The van der Waals surface area contributed by atoms with E-state index in [-0.39, 0.29) is 0 Å². The van der Waals surface area contributed by atoms with E-state index in [4.69, 9.17) is 4.99 Å². The van der Waals surface area contributed by atoms with Gasteiger partial charge in [0.05, 0.1) is 5.84 Å². The molecule has 0 bridgehead atoms. The summed E-state index contributed by atoms with van der Waals surface area (Å²) in [5.74, 6) is 2.44. The van der Waals surface area contributed by atoms with Crippen LogP contribution in [0.5, 0.6) is 0 Å². The Bertz CT molecular complexity index is 279. The molecule has 1 atom stereocenters. The van der Waals surface area contributed by atoms with Crippen LogP contribution in [0.2, 0.25) is 0 Å². The molecule has 2 heteroatoms. The molecule has 3 aliphatic rings. The Morgan fingerprint density at radius 3 is 2.59 bits per heavy atom. The molecule has 2 aliphatic heterocycles. The van der Waals surface area contributed by atoms with Gasteiger partial charge in [0.25, 0.3) is 0 Å². The zero-order valence-corrected chi connectivity index (χ0v) is 11.0. The molecule has 1 aliphatic carbocycles. The first-order valence-corrected chi connectivity index (χ1v) is 7.75. The summed E-state index contributed by atoms with van der Waals surface area (Å²) in [6.45, 7) is 2.38. The molecular weight excluding hydrogens is 208 g/mol. The molecule has 17 heavy (non-hydrogen) atoms. The van der Waals surface area contributed by atoms with Crippen LogP contribution >= 0.6 is 0 Å².